The lowest BCUT2D eigenvalue weighted by Gasteiger charge is -2.29. The summed E-state index contributed by atoms with van der Waals surface area (Å²) in [6.45, 7) is 10.9. The van der Waals surface area contributed by atoms with Crippen LogP contribution in [0.3, 0.4) is 0 Å². The zero-order valence-corrected chi connectivity index (χ0v) is 19.3. The Hall–Kier alpha value is -2.64. The minimum atomic E-state index is -0.634. The number of rotatable bonds is 10. The molecule has 0 aliphatic carbocycles. The number of hydrogen-bond acceptors (Lipinski definition) is 6. The maximum absolute atomic E-state index is 13.2. The van der Waals surface area contributed by atoms with Gasteiger partial charge >= 0.3 is 0 Å². The van der Waals surface area contributed by atoms with Gasteiger partial charge in [-0.2, -0.15) is 0 Å². The van der Waals surface area contributed by atoms with E-state index >= 15 is 0 Å². The highest BCUT2D eigenvalue weighted by atomic mass is 32.1. The Kier molecular flexibility index (Phi) is 7.51. The minimum Gasteiger partial charge on any atom is -0.503 e. The summed E-state index contributed by atoms with van der Waals surface area (Å²) in [5.41, 5.74) is 0.914. The van der Waals surface area contributed by atoms with E-state index in [0.717, 1.165) is 24.4 Å². The first-order valence-electron chi connectivity index (χ1n) is 10.7. The molecule has 0 radical (unpaired) electrons. The average molecular weight is 443 g/mol. The van der Waals surface area contributed by atoms with Gasteiger partial charge < -0.3 is 19.6 Å². The number of aliphatic hydroxyl groups is 1. The zero-order valence-electron chi connectivity index (χ0n) is 18.5. The van der Waals surface area contributed by atoms with E-state index < -0.39 is 17.7 Å². The predicted molar refractivity (Wildman–Crippen MR) is 123 cm³/mol. The van der Waals surface area contributed by atoms with Crippen LogP contribution in [-0.2, 0) is 4.79 Å². The Morgan fingerprint density at radius 3 is 2.42 bits per heavy atom. The summed E-state index contributed by atoms with van der Waals surface area (Å²) in [5, 5.41) is 12.5. The Bertz CT molecular complexity index is 931. The number of ketones is 1. The number of thiophene rings is 1. The van der Waals surface area contributed by atoms with Crippen molar-refractivity contribution in [1.29, 1.82) is 0 Å². The van der Waals surface area contributed by atoms with Crippen molar-refractivity contribution in [2.24, 2.45) is 0 Å². The Balaban J connectivity index is 1.97. The number of carbonyl (C=O) groups excluding carboxylic acids is 2. The van der Waals surface area contributed by atoms with E-state index in [1.54, 1.807) is 17.0 Å². The summed E-state index contributed by atoms with van der Waals surface area (Å²) in [6.07, 6.45) is 0.0457. The molecule has 6 nitrogen and oxygen atoms in total. The van der Waals surface area contributed by atoms with Crippen LogP contribution in [0, 0.1) is 0 Å². The van der Waals surface area contributed by atoms with Crippen LogP contribution in [0.15, 0.2) is 53.1 Å². The molecule has 0 bridgehead atoms. The third-order valence-electron chi connectivity index (χ3n) is 5.41. The summed E-state index contributed by atoms with van der Waals surface area (Å²) in [7, 11) is 0. The molecule has 1 aliphatic rings. The first-order valence-corrected chi connectivity index (χ1v) is 11.6. The van der Waals surface area contributed by atoms with Crippen LogP contribution < -0.4 is 4.74 Å². The number of aliphatic hydroxyl groups excluding tert-OH is 1. The fourth-order valence-corrected chi connectivity index (χ4v) is 4.47. The molecule has 0 unspecified atom stereocenters. The highest BCUT2D eigenvalue weighted by molar-refractivity contribution is 7.12. The minimum absolute atomic E-state index is 0.0457. The lowest BCUT2D eigenvalue weighted by Crippen LogP contribution is -2.38. The van der Waals surface area contributed by atoms with Crippen LogP contribution in [0.1, 0.15) is 49.0 Å². The largest absolute Gasteiger partial charge is 0.503 e. The summed E-state index contributed by atoms with van der Waals surface area (Å²) >= 11 is 1.30. The van der Waals surface area contributed by atoms with Gasteiger partial charge in [0.2, 0.25) is 5.78 Å². The maximum atomic E-state index is 13.2. The van der Waals surface area contributed by atoms with Crippen LogP contribution in [0.4, 0.5) is 0 Å². The van der Waals surface area contributed by atoms with Gasteiger partial charge in [0.25, 0.3) is 5.91 Å². The third-order valence-corrected chi connectivity index (χ3v) is 6.28. The predicted octanol–water partition coefficient (Wildman–Crippen LogP) is 4.46. The fourth-order valence-electron chi connectivity index (χ4n) is 3.79. The normalized spacial score (nSPS) is 16.6. The number of nitrogens with zero attached hydrogens (tertiary/aromatic N) is 2. The van der Waals surface area contributed by atoms with Crippen molar-refractivity contribution in [1.82, 2.24) is 9.80 Å². The Morgan fingerprint density at radius 1 is 1.19 bits per heavy atom. The quantitative estimate of drug-likeness (QED) is 0.550. The van der Waals surface area contributed by atoms with Crippen LogP contribution >= 0.6 is 11.3 Å². The topological polar surface area (TPSA) is 70.1 Å². The maximum Gasteiger partial charge on any atom is 0.290 e. The zero-order chi connectivity index (χ0) is 22.5. The molecule has 0 saturated heterocycles. The molecule has 0 spiro atoms. The number of Topliss-reactive ketones (excluding diaryl/α,β-unsaturated/α-hetero) is 1. The van der Waals surface area contributed by atoms with E-state index in [-0.39, 0.29) is 17.5 Å². The molecule has 1 amide bonds. The van der Waals surface area contributed by atoms with Gasteiger partial charge in [-0.25, -0.2) is 0 Å². The number of amides is 1. The molecule has 0 saturated carbocycles. The highest BCUT2D eigenvalue weighted by Crippen LogP contribution is 2.39. The molecule has 1 aromatic heterocycles. The van der Waals surface area contributed by atoms with E-state index in [0.29, 0.717) is 18.0 Å². The first kappa shape index (κ1) is 23.0. The summed E-state index contributed by atoms with van der Waals surface area (Å²) in [4.78, 5) is 30.6. The molecule has 1 N–H and O–H groups in total. The van der Waals surface area contributed by atoms with E-state index in [9.17, 15) is 14.7 Å². The van der Waals surface area contributed by atoms with Crippen molar-refractivity contribution < 1.29 is 19.4 Å². The molecule has 31 heavy (non-hydrogen) atoms. The van der Waals surface area contributed by atoms with Crippen molar-refractivity contribution in [3.05, 3.63) is 63.6 Å². The van der Waals surface area contributed by atoms with Crippen molar-refractivity contribution in [3.8, 4) is 5.75 Å². The standard InChI is InChI=1S/C24H30N2O4S/c1-5-25(6-2)13-14-26-21(17-9-11-18(12-10-17)30-16(3)4)20(23(28)24(26)29)22(27)19-8-7-15-31-19/h7-12,15-16,21,28H,5-6,13-14H2,1-4H3/t21-/m1/s1. The number of hydrogen-bond donors (Lipinski definition) is 1. The van der Waals surface area contributed by atoms with Gasteiger partial charge in [0.05, 0.1) is 22.6 Å². The van der Waals surface area contributed by atoms with Gasteiger partial charge in [-0.15, -0.1) is 11.3 Å². The molecule has 1 atom stereocenters. The van der Waals surface area contributed by atoms with Crippen molar-refractivity contribution in [3.63, 3.8) is 0 Å². The van der Waals surface area contributed by atoms with E-state index in [1.807, 2.05) is 43.5 Å². The SMILES string of the molecule is CCN(CC)CCN1C(=O)C(O)=C(C(=O)c2cccs2)[C@H]1c1ccc(OC(C)C)cc1. The van der Waals surface area contributed by atoms with Crippen molar-refractivity contribution in [2.75, 3.05) is 26.2 Å². The molecule has 2 heterocycles. The van der Waals surface area contributed by atoms with Crippen LogP contribution in [0.25, 0.3) is 0 Å². The molecular formula is C24H30N2O4S. The fraction of sp³-hybridized carbons (Fsp3) is 0.417. The number of ether oxygens (including phenoxy) is 1. The molecule has 166 valence electrons. The van der Waals surface area contributed by atoms with E-state index in [2.05, 4.69) is 18.7 Å². The van der Waals surface area contributed by atoms with Gasteiger partial charge in [-0.1, -0.05) is 32.0 Å². The highest BCUT2D eigenvalue weighted by Gasteiger charge is 2.43. The van der Waals surface area contributed by atoms with Crippen LogP contribution in [0.2, 0.25) is 0 Å². The van der Waals surface area contributed by atoms with Crippen LogP contribution in [-0.4, -0.2) is 58.9 Å². The number of likely N-dealkylation sites (N-methyl/N-ethyl adjacent to an activating group) is 1. The Labute approximate surface area is 187 Å². The molecule has 7 heteroatoms. The third kappa shape index (κ3) is 4.99. The molecule has 2 aromatic rings. The van der Waals surface area contributed by atoms with Gasteiger partial charge in [-0.05, 0) is 56.1 Å². The number of benzene rings is 1. The molecule has 1 aliphatic heterocycles. The molecule has 1 aromatic carbocycles. The monoisotopic (exact) mass is 442 g/mol. The second-order valence-corrected chi connectivity index (χ2v) is 8.68. The Morgan fingerprint density at radius 2 is 1.87 bits per heavy atom. The smallest absolute Gasteiger partial charge is 0.290 e. The number of carbonyl (C=O) groups is 2. The second-order valence-electron chi connectivity index (χ2n) is 7.73. The van der Waals surface area contributed by atoms with Gasteiger partial charge in [0, 0.05) is 13.1 Å². The average Bonchev–Trinajstić information content (AvgIpc) is 3.37. The summed E-state index contributed by atoms with van der Waals surface area (Å²) in [5.74, 6) is -0.541. The van der Waals surface area contributed by atoms with Gasteiger partial charge in [-0.3, -0.25) is 9.59 Å². The lowest BCUT2D eigenvalue weighted by atomic mass is 9.95. The summed E-state index contributed by atoms with van der Waals surface area (Å²) < 4.78 is 5.73. The van der Waals surface area contributed by atoms with Crippen LogP contribution in [0.5, 0.6) is 5.75 Å². The van der Waals surface area contributed by atoms with Gasteiger partial charge in [0.1, 0.15) is 5.75 Å². The van der Waals surface area contributed by atoms with Crippen molar-refractivity contribution in [2.45, 2.75) is 39.8 Å². The summed E-state index contributed by atoms with van der Waals surface area (Å²) in [6, 6.07) is 10.3. The van der Waals surface area contributed by atoms with Crippen molar-refractivity contribution >= 4 is 23.0 Å². The molecule has 3 rings (SSSR count). The first-order chi connectivity index (χ1) is 14.9. The molecular weight excluding hydrogens is 412 g/mol. The molecule has 0 fully saturated rings. The second kappa shape index (κ2) is 10.1. The van der Waals surface area contributed by atoms with E-state index in [4.69, 9.17) is 4.74 Å². The van der Waals surface area contributed by atoms with Gasteiger partial charge in [0.15, 0.2) is 5.76 Å². The van der Waals surface area contributed by atoms with E-state index in [1.165, 1.54) is 11.3 Å². The lowest BCUT2D eigenvalue weighted by molar-refractivity contribution is -0.129.